The van der Waals surface area contributed by atoms with Crippen molar-refractivity contribution in [3.63, 3.8) is 0 Å². The van der Waals surface area contributed by atoms with Gasteiger partial charge in [0.05, 0.1) is 18.4 Å². The first-order valence-electron chi connectivity index (χ1n) is 10.1. The van der Waals surface area contributed by atoms with Gasteiger partial charge in [0, 0.05) is 17.6 Å². The molecule has 0 aliphatic carbocycles. The Morgan fingerprint density at radius 2 is 1.97 bits per heavy atom. The van der Waals surface area contributed by atoms with Gasteiger partial charge < -0.3 is 14.3 Å². The summed E-state index contributed by atoms with van der Waals surface area (Å²) < 4.78 is 6.45. The summed E-state index contributed by atoms with van der Waals surface area (Å²) in [7, 11) is 1.33. The van der Waals surface area contributed by atoms with Crippen LogP contribution in [0.5, 0.6) is 0 Å². The van der Waals surface area contributed by atoms with Gasteiger partial charge in [-0.1, -0.05) is 12.1 Å². The molecule has 3 aromatic rings. The third-order valence-electron chi connectivity index (χ3n) is 5.55. The van der Waals surface area contributed by atoms with Crippen LogP contribution in [0.1, 0.15) is 40.0 Å². The molecule has 0 fully saturated rings. The lowest BCUT2D eigenvalue weighted by Gasteiger charge is -2.12. The lowest BCUT2D eigenvalue weighted by atomic mass is 10.1. The number of esters is 1. The van der Waals surface area contributed by atoms with E-state index >= 15 is 0 Å². The molecular formula is C23H22N4O6. The number of nitrogens with one attached hydrogen (secondary N) is 1. The number of methoxy groups -OCH3 is 1. The zero-order valence-corrected chi connectivity index (χ0v) is 18.2. The maximum atomic E-state index is 13.1. The van der Waals surface area contributed by atoms with E-state index in [-0.39, 0.29) is 29.5 Å². The quantitative estimate of drug-likeness (QED) is 0.331. The number of pyridine rings is 1. The van der Waals surface area contributed by atoms with Crippen LogP contribution in [-0.2, 0) is 21.0 Å². The summed E-state index contributed by atoms with van der Waals surface area (Å²) in [5.74, 6) is -0.746. The molecule has 1 aliphatic rings. The molecule has 2 N–H and O–H groups in total. The van der Waals surface area contributed by atoms with Gasteiger partial charge in [0.1, 0.15) is 12.6 Å². The van der Waals surface area contributed by atoms with Crippen LogP contribution in [0.15, 0.2) is 52.6 Å². The number of aromatic nitrogens is 2. The van der Waals surface area contributed by atoms with E-state index in [0.717, 1.165) is 5.56 Å². The minimum absolute atomic E-state index is 0.0251. The summed E-state index contributed by atoms with van der Waals surface area (Å²) in [5.41, 5.74) is 2.56. The van der Waals surface area contributed by atoms with Crippen LogP contribution in [0.4, 0.5) is 5.69 Å². The van der Waals surface area contributed by atoms with Crippen molar-refractivity contribution in [3.05, 3.63) is 86.0 Å². The van der Waals surface area contributed by atoms with Gasteiger partial charge in [-0.25, -0.2) is 9.68 Å². The van der Waals surface area contributed by atoms with Crippen molar-refractivity contribution in [2.45, 2.75) is 26.5 Å². The molecule has 1 amide bonds. The minimum atomic E-state index is -0.513. The Balaban J connectivity index is 1.70. The zero-order chi connectivity index (χ0) is 23.7. The lowest BCUT2D eigenvalue weighted by molar-refractivity contribution is -0.253. The van der Waals surface area contributed by atoms with Crippen LogP contribution in [0, 0.1) is 6.92 Å². The van der Waals surface area contributed by atoms with Crippen LogP contribution in [0.2, 0.25) is 0 Å². The van der Waals surface area contributed by atoms with Crippen molar-refractivity contribution in [2.75, 3.05) is 12.1 Å². The summed E-state index contributed by atoms with van der Waals surface area (Å²) in [6, 6.07) is 8.00. The predicted molar refractivity (Wildman–Crippen MR) is 118 cm³/mol. The second-order valence-corrected chi connectivity index (χ2v) is 7.61. The molecule has 4 rings (SSSR count). The third-order valence-corrected chi connectivity index (χ3v) is 5.55. The summed E-state index contributed by atoms with van der Waals surface area (Å²) in [6.07, 6.45) is 5.11. The van der Waals surface area contributed by atoms with Gasteiger partial charge in [-0.2, -0.15) is 5.01 Å². The van der Waals surface area contributed by atoms with E-state index in [1.54, 1.807) is 67.2 Å². The Morgan fingerprint density at radius 1 is 1.24 bits per heavy atom. The summed E-state index contributed by atoms with van der Waals surface area (Å²) in [5, 5.41) is 14.4. The Labute approximate surface area is 187 Å². The van der Waals surface area contributed by atoms with Crippen molar-refractivity contribution < 1.29 is 24.5 Å². The Bertz CT molecular complexity index is 1400. The van der Waals surface area contributed by atoms with Crippen molar-refractivity contribution in [1.82, 2.24) is 9.55 Å². The molecule has 0 saturated heterocycles. The number of aromatic amines is 1. The highest BCUT2D eigenvalue weighted by Gasteiger charge is 2.28. The van der Waals surface area contributed by atoms with Crippen LogP contribution in [0.25, 0.3) is 6.08 Å². The molecule has 0 spiro atoms. The van der Waals surface area contributed by atoms with E-state index in [9.17, 15) is 14.4 Å². The molecular weight excluding hydrogens is 428 g/mol. The molecule has 1 unspecified atom stereocenters. The fourth-order valence-electron chi connectivity index (χ4n) is 3.68. The molecule has 10 nitrogen and oxygen atoms in total. The zero-order valence-electron chi connectivity index (χ0n) is 18.2. The number of nitrogens with zero attached hydrogens (tertiary/aromatic N) is 3. The number of hydrogen-bond acceptors (Lipinski definition) is 7. The van der Waals surface area contributed by atoms with Crippen molar-refractivity contribution in [2.24, 2.45) is 5.10 Å². The van der Waals surface area contributed by atoms with Gasteiger partial charge in [0.2, 0.25) is 0 Å². The summed E-state index contributed by atoms with van der Waals surface area (Å²) in [4.78, 5) is 44.5. The molecule has 0 radical (unpaired) electrons. The average molecular weight is 450 g/mol. The largest absolute Gasteiger partial charge is 0.467 e. The number of carbonyl (C=O) groups is 2. The maximum Gasteiger partial charge on any atom is 0.328 e. The second kappa shape index (κ2) is 8.85. The van der Waals surface area contributed by atoms with Gasteiger partial charge in [0.25, 0.3) is 11.5 Å². The van der Waals surface area contributed by atoms with Gasteiger partial charge in [-0.05, 0) is 54.8 Å². The fourth-order valence-corrected chi connectivity index (χ4v) is 3.68. The summed E-state index contributed by atoms with van der Waals surface area (Å²) >= 11 is 0. The van der Waals surface area contributed by atoms with Gasteiger partial charge in [-0.15, -0.1) is 5.10 Å². The Hall–Kier alpha value is -4.02. The number of carbonyl (C=O) groups excluding carboxylic acids is 2. The monoisotopic (exact) mass is 450 g/mol. The van der Waals surface area contributed by atoms with E-state index in [1.807, 2.05) is 0 Å². The topological polar surface area (TPSA) is 126 Å². The van der Waals surface area contributed by atoms with E-state index in [4.69, 9.17) is 9.99 Å². The van der Waals surface area contributed by atoms with Crippen LogP contribution in [0.3, 0.4) is 0 Å². The first kappa shape index (κ1) is 22.2. The number of anilines is 1. The SMILES string of the molecule is COC(=O)C(C)n1ccc(/C=c2/c(C)c3c([nH]c2=O)=NN(c2ccc(COO)cc2)C3=O)c1. The van der Waals surface area contributed by atoms with E-state index in [2.05, 4.69) is 15.0 Å². The van der Waals surface area contributed by atoms with Crippen molar-refractivity contribution in [1.29, 1.82) is 0 Å². The van der Waals surface area contributed by atoms with Crippen LogP contribution >= 0.6 is 0 Å². The molecule has 33 heavy (non-hydrogen) atoms. The number of hydrogen-bond donors (Lipinski definition) is 2. The van der Waals surface area contributed by atoms with Crippen LogP contribution in [-0.4, -0.2) is 33.8 Å². The molecule has 0 bridgehead atoms. The highest BCUT2D eigenvalue weighted by atomic mass is 17.1. The number of fused-ring (bicyclic) bond motifs is 1. The van der Waals surface area contributed by atoms with Crippen molar-refractivity contribution in [3.8, 4) is 0 Å². The number of H-pyrrole nitrogens is 1. The number of benzene rings is 1. The maximum absolute atomic E-state index is 13.1. The normalized spacial score (nSPS) is 14.2. The second-order valence-electron chi connectivity index (χ2n) is 7.61. The fraction of sp³-hybridized carbons (Fsp3) is 0.217. The molecule has 2 aromatic heterocycles. The first-order valence-corrected chi connectivity index (χ1v) is 10.1. The van der Waals surface area contributed by atoms with Gasteiger partial charge in [-0.3, -0.25) is 14.8 Å². The van der Waals surface area contributed by atoms with Gasteiger partial charge in [0.15, 0.2) is 5.49 Å². The van der Waals surface area contributed by atoms with Crippen molar-refractivity contribution >= 4 is 23.6 Å². The highest BCUT2D eigenvalue weighted by molar-refractivity contribution is 6.07. The highest BCUT2D eigenvalue weighted by Crippen LogP contribution is 2.21. The molecule has 0 saturated carbocycles. The predicted octanol–water partition coefficient (Wildman–Crippen LogP) is 1.23. The van der Waals surface area contributed by atoms with E-state index in [1.165, 1.54) is 12.1 Å². The van der Waals surface area contributed by atoms with E-state index in [0.29, 0.717) is 27.6 Å². The van der Waals surface area contributed by atoms with Gasteiger partial charge >= 0.3 is 5.97 Å². The molecule has 3 heterocycles. The molecule has 170 valence electrons. The first-order chi connectivity index (χ1) is 15.8. The molecule has 1 atom stereocenters. The van der Waals surface area contributed by atoms with Crippen LogP contribution < -0.4 is 21.3 Å². The smallest absolute Gasteiger partial charge is 0.328 e. The third kappa shape index (κ3) is 4.09. The standard InChI is InChI=1S/C23H22N4O6/c1-13-18(10-16-8-9-26(11-16)14(2)23(30)32-3)21(28)24-20-19(13)22(29)27(25-20)17-6-4-15(5-7-17)12-33-31/h4-11,14,31H,12H2,1-3H3,(H,24,25,28)/b18-10-. The molecule has 1 aromatic carbocycles. The Kier molecular flexibility index (Phi) is 5.95. The molecule has 10 heteroatoms. The number of ether oxygens (including phenoxy) is 1. The summed E-state index contributed by atoms with van der Waals surface area (Å²) in [6.45, 7) is 3.44. The number of amides is 1. The van der Waals surface area contributed by atoms with E-state index < -0.39 is 6.04 Å². The minimum Gasteiger partial charge on any atom is -0.467 e. The lowest BCUT2D eigenvalue weighted by Crippen LogP contribution is -2.38. The average Bonchev–Trinajstić information content (AvgIpc) is 3.41. The molecule has 1 aliphatic heterocycles. The number of rotatable bonds is 6. The Morgan fingerprint density at radius 3 is 2.64 bits per heavy atom.